The van der Waals surface area contributed by atoms with Gasteiger partial charge in [0.1, 0.15) is 0 Å². The van der Waals surface area contributed by atoms with E-state index in [1.54, 1.807) is 24.9 Å². The molecule has 0 heterocycles. The molecular weight excluding hydrogens is 364 g/mol. The van der Waals surface area contributed by atoms with Crippen molar-refractivity contribution in [1.82, 2.24) is 5.32 Å². The first-order valence-electron chi connectivity index (χ1n) is 10.1. The van der Waals surface area contributed by atoms with E-state index in [1.807, 2.05) is 48.5 Å². The lowest BCUT2D eigenvalue weighted by Crippen LogP contribution is -2.37. The lowest BCUT2D eigenvalue weighted by atomic mass is 10.0. The van der Waals surface area contributed by atoms with Gasteiger partial charge in [-0.3, -0.25) is 4.90 Å². The first-order valence-corrected chi connectivity index (χ1v) is 10.1. The van der Waals surface area contributed by atoms with Gasteiger partial charge < -0.3 is 10.1 Å². The van der Waals surface area contributed by atoms with Crippen LogP contribution in [-0.4, -0.2) is 32.2 Å². The van der Waals surface area contributed by atoms with Crippen molar-refractivity contribution in [2.45, 2.75) is 33.1 Å². The van der Waals surface area contributed by atoms with Crippen molar-refractivity contribution in [2.24, 2.45) is 0 Å². The van der Waals surface area contributed by atoms with Gasteiger partial charge in [-0.05, 0) is 48.2 Å². The van der Waals surface area contributed by atoms with Gasteiger partial charge in [0, 0.05) is 25.4 Å². The predicted molar refractivity (Wildman–Crippen MR) is 119 cm³/mol. The minimum atomic E-state index is -0.347. The molecule has 29 heavy (non-hydrogen) atoms. The molecule has 1 N–H and O–H groups in total. The number of esters is 1. The van der Waals surface area contributed by atoms with Crippen LogP contribution in [0.5, 0.6) is 0 Å². The predicted octanol–water partition coefficient (Wildman–Crippen LogP) is 5.27. The molecule has 2 rings (SSSR count). The van der Waals surface area contributed by atoms with E-state index in [1.165, 1.54) is 6.08 Å². The van der Waals surface area contributed by atoms with Crippen LogP contribution in [0.3, 0.4) is 0 Å². The first-order chi connectivity index (χ1) is 14.0. The molecule has 0 spiro atoms. The molecule has 2 aromatic carbocycles. The van der Waals surface area contributed by atoms with E-state index in [9.17, 15) is 9.59 Å². The van der Waals surface area contributed by atoms with Crippen LogP contribution in [0.25, 0.3) is 17.2 Å². The summed E-state index contributed by atoms with van der Waals surface area (Å²) < 4.78 is 4.88. The van der Waals surface area contributed by atoms with Gasteiger partial charge in [-0.25, -0.2) is 9.59 Å². The number of urea groups is 1. The Morgan fingerprint density at radius 3 is 2.48 bits per heavy atom. The number of nitrogens with zero attached hydrogens (tertiary/aromatic N) is 1. The molecule has 0 fully saturated rings. The number of amides is 2. The summed E-state index contributed by atoms with van der Waals surface area (Å²) in [6.07, 6.45) is 6.39. The van der Waals surface area contributed by atoms with Crippen molar-refractivity contribution in [2.75, 3.05) is 25.1 Å². The molecule has 0 unspecified atom stereocenters. The highest BCUT2D eigenvalue weighted by Crippen LogP contribution is 2.25. The van der Waals surface area contributed by atoms with Crippen molar-refractivity contribution in [3.05, 3.63) is 60.2 Å². The van der Waals surface area contributed by atoms with Gasteiger partial charge in [-0.15, -0.1) is 0 Å². The van der Waals surface area contributed by atoms with Crippen LogP contribution >= 0.6 is 0 Å². The monoisotopic (exact) mass is 394 g/mol. The summed E-state index contributed by atoms with van der Waals surface area (Å²) >= 11 is 0. The van der Waals surface area contributed by atoms with Gasteiger partial charge in [0.15, 0.2) is 0 Å². The minimum absolute atomic E-state index is 0.0993. The third-order valence-corrected chi connectivity index (χ3v) is 4.54. The normalized spacial score (nSPS) is 10.7. The molecular formula is C24H30N2O3. The average Bonchev–Trinajstić information content (AvgIpc) is 2.75. The second kappa shape index (κ2) is 11.7. The van der Waals surface area contributed by atoms with Gasteiger partial charge in [0.25, 0.3) is 0 Å². The number of nitrogens with one attached hydrogen (secondary N) is 1. The van der Waals surface area contributed by atoms with Crippen LogP contribution in [0.4, 0.5) is 10.5 Å². The summed E-state index contributed by atoms with van der Waals surface area (Å²) in [4.78, 5) is 25.4. The van der Waals surface area contributed by atoms with Crippen molar-refractivity contribution >= 4 is 23.8 Å². The number of benzene rings is 2. The summed E-state index contributed by atoms with van der Waals surface area (Å²) in [6, 6.07) is 15.7. The summed E-state index contributed by atoms with van der Waals surface area (Å²) in [7, 11) is 1.78. The van der Waals surface area contributed by atoms with Crippen molar-refractivity contribution in [3.63, 3.8) is 0 Å². The quantitative estimate of drug-likeness (QED) is 0.358. The summed E-state index contributed by atoms with van der Waals surface area (Å²) in [5.41, 5.74) is 3.81. The Bertz CT molecular complexity index is 828. The number of hydrogen-bond donors (Lipinski definition) is 1. The largest absolute Gasteiger partial charge is 0.463 e. The summed E-state index contributed by atoms with van der Waals surface area (Å²) in [6.45, 7) is 4.98. The number of hydrogen-bond acceptors (Lipinski definition) is 3. The molecule has 0 aliphatic carbocycles. The Morgan fingerprint density at radius 1 is 1.03 bits per heavy atom. The molecule has 0 aromatic heterocycles. The molecule has 0 saturated carbocycles. The summed E-state index contributed by atoms with van der Waals surface area (Å²) in [5.74, 6) is -0.347. The molecule has 0 bridgehead atoms. The highest BCUT2D eigenvalue weighted by Gasteiger charge is 2.11. The molecule has 154 valence electrons. The third-order valence-electron chi connectivity index (χ3n) is 4.54. The van der Waals surface area contributed by atoms with Crippen LogP contribution in [0.15, 0.2) is 54.6 Å². The average molecular weight is 395 g/mol. The molecule has 0 saturated heterocycles. The van der Waals surface area contributed by atoms with E-state index < -0.39 is 0 Å². The van der Waals surface area contributed by atoms with Gasteiger partial charge in [-0.1, -0.05) is 56.2 Å². The van der Waals surface area contributed by atoms with Gasteiger partial charge >= 0.3 is 12.0 Å². The van der Waals surface area contributed by atoms with E-state index in [-0.39, 0.29) is 12.0 Å². The van der Waals surface area contributed by atoms with Crippen molar-refractivity contribution < 1.29 is 14.3 Å². The zero-order valence-electron chi connectivity index (χ0n) is 17.5. The number of rotatable bonds is 9. The molecule has 5 heteroatoms. The molecule has 0 aliphatic rings. The van der Waals surface area contributed by atoms with E-state index >= 15 is 0 Å². The highest BCUT2D eigenvalue weighted by atomic mass is 16.5. The molecule has 0 aliphatic heterocycles. The Balaban J connectivity index is 2.04. The number of carbonyl (C=O) groups is 2. The fourth-order valence-corrected chi connectivity index (χ4v) is 2.84. The third kappa shape index (κ3) is 7.11. The lowest BCUT2D eigenvalue weighted by molar-refractivity contribution is -0.137. The topological polar surface area (TPSA) is 58.6 Å². The van der Waals surface area contributed by atoms with Gasteiger partial charge in [-0.2, -0.15) is 0 Å². The zero-order valence-corrected chi connectivity index (χ0v) is 17.5. The van der Waals surface area contributed by atoms with Crippen LogP contribution in [-0.2, 0) is 9.53 Å². The summed E-state index contributed by atoms with van der Waals surface area (Å²) in [5, 5.41) is 2.96. The fourth-order valence-electron chi connectivity index (χ4n) is 2.84. The lowest BCUT2D eigenvalue weighted by Gasteiger charge is -2.19. The minimum Gasteiger partial charge on any atom is -0.463 e. The van der Waals surface area contributed by atoms with Crippen LogP contribution < -0.4 is 10.2 Å². The Labute approximate surface area is 173 Å². The van der Waals surface area contributed by atoms with E-state index in [0.717, 1.165) is 41.6 Å². The van der Waals surface area contributed by atoms with Gasteiger partial charge in [0.05, 0.1) is 6.61 Å². The first kappa shape index (κ1) is 22.2. The van der Waals surface area contributed by atoms with Crippen LogP contribution in [0.2, 0.25) is 0 Å². The fraction of sp³-hybridized carbons (Fsp3) is 0.333. The molecule has 2 amide bonds. The van der Waals surface area contributed by atoms with Crippen LogP contribution in [0, 0.1) is 0 Å². The molecule has 0 atom stereocenters. The number of unbranched alkanes of at least 4 members (excludes halogenated alkanes) is 2. The number of ether oxygens (including phenoxy) is 1. The molecule has 2 aromatic rings. The van der Waals surface area contributed by atoms with E-state index in [0.29, 0.717) is 13.2 Å². The number of carbonyl (C=O) groups excluding carboxylic acids is 2. The second-order valence-electron chi connectivity index (χ2n) is 6.76. The van der Waals surface area contributed by atoms with E-state index in [4.69, 9.17) is 4.74 Å². The SMILES string of the molecule is CCCCCNC(=O)N(C)c1cccc(-c2ccc(C=CC(=O)OCC)cc2)c1. The maximum atomic E-state index is 12.3. The Kier molecular flexibility index (Phi) is 8.96. The second-order valence-corrected chi connectivity index (χ2v) is 6.76. The van der Waals surface area contributed by atoms with Crippen molar-refractivity contribution in [3.8, 4) is 11.1 Å². The van der Waals surface area contributed by atoms with Gasteiger partial charge in [0.2, 0.25) is 0 Å². The zero-order chi connectivity index (χ0) is 21.1. The molecule has 5 nitrogen and oxygen atoms in total. The maximum absolute atomic E-state index is 12.3. The Hall–Kier alpha value is -3.08. The van der Waals surface area contributed by atoms with Crippen molar-refractivity contribution in [1.29, 1.82) is 0 Å². The number of anilines is 1. The highest BCUT2D eigenvalue weighted by molar-refractivity contribution is 5.92. The van der Waals surface area contributed by atoms with E-state index in [2.05, 4.69) is 12.2 Å². The Morgan fingerprint density at radius 2 is 1.79 bits per heavy atom. The molecule has 0 radical (unpaired) electrons. The smallest absolute Gasteiger partial charge is 0.330 e. The standard InChI is InChI=1S/C24H30N2O3/c1-4-6-7-17-25-24(28)26(3)22-10-8-9-21(18-22)20-14-11-19(12-15-20)13-16-23(27)29-5-2/h8-16,18H,4-7,17H2,1-3H3,(H,25,28). The maximum Gasteiger partial charge on any atom is 0.330 e. The van der Waals surface area contributed by atoms with Crippen LogP contribution in [0.1, 0.15) is 38.7 Å².